The van der Waals surface area contributed by atoms with Crippen LogP contribution in [0.4, 0.5) is 22.7 Å². The molecule has 0 aromatic heterocycles. The molecule has 0 saturated carbocycles. The molecule has 0 aliphatic heterocycles. The van der Waals surface area contributed by atoms with Crippen molar-refractivity contribution in [2.24, 2.45) is 11.8 Å². The van der Waals surface area contributed by atoms with E-state index >= 15 is 0 Å². The summed E-state index contributed by atoms with van der Waals surface area (Å²) in [5.41, 5.74) is 9.03. The number of aryl methyl sites for hydroxylation is 2. The number of aliphatic hydroxyl groups is 1. The number of allylic oxidation sites excluding steroid dienone is 5. The highest BCUT2D eigenvalue weighted by atomic mass is 16.3. The number of carbonyl (C=O) groups excluding carboxylic acids is 3. The van der Waals surface area contributed by atoms with Crippen LogP contribution in [0, 0.1) is 11.8 Å². The van der Waals surface area contributed by atoms with E-state index in [1.807, 2.05) is 72.8 Å². The number of benzene rings is 5. The maximum atomic E-state index is 14.9. The van der Waals surface area contributed by atoms with Gasteiger partial charge in [-0.3, -0.25) is 14.4 Å². The van der Waals surface area contributed by atoms with Gasteiger partial charge in [-0.2, -0.15) is 4.58 Å². The van der Waals surface area contributed by atoms with Gasteiger partial charge in [0.05, 0.1) is 22.5 Å². The number of Topliss-reactive ketones (excluding diaryl/α,β-unsaturated/α-hetero) is 1. The maximum absolute atomic E-state index is 14.9. The van der Waals surface area contributed by atoms with Crippen molar-refractivity contribution in [3.8, 4) is 0 Å². The lowest BCUT2D eigenvalue weighted by atomic mass is 9.78. The molecule has 3 N–H and O–H groups in total. The van der Waals surface area contributed by atoms with Gasteiger partial charge >= 0.3 is 0 Å². The zero-order valence-electron chi connectivity index (χ0n) is 42.1. The maximum Gasteiger partial charge on any atom is 0.255 e. The van der Waals surface area contributed by atoms with Gasteiger partial charge in [0.1, 0.15) is 5.76 Å². The molecule has 2 aliphatic carbocycles. The molecule has 0 radical (unpaired) electrons. The number of ketones is 1. The third kappa shape index (κ3) is 12.0. The van der Waals surface area contributed by atoms with E-state index in [-0.39, 0.29) is 34.5 Å². The van der Waals surface area contributed by atoms with E-state index in [0.717, 1.165) is 100 Å². The van der Waals surface area contributed by atoms with Gasteiger partial charge in [-0.25, -0.2) is 0 Å². The second kappa shape index (κ2) is 24.5. The number of aliphatic hydroxyl groups excluding tert-OH is 1. The molecule has 362 valence electrons. The molecule has 0 fully saturated rings. The first-order valence-electron chi connectivity index (χ1n) is 25.7. The van der Waals surface area contributed by atoms with Gasteiger partial charge in [0, 0.05) is 70.4 Å². The Morgan fingerprint density at radius 2 is 1.23 bits per heavy atom. The van der Waals surface area contributed by atoms with E-state index < -0.39 is 0 Å². The molecule has 0 saturated heterocycles. The Hall–Kier alpha value is -7.06. The summed E-state index contributed by atoms with van der Waals surface area (Å²) in [5, 5.41) is 18.5. The number of rotatable bonds is 22. The molecule has 0 bridgehead atoms. The zero-order valence-corrected chi connectivity index (χ0v) is 42.1. The van der Waals surface area contributed by atoms with Crippen molar-refractivity contribution < 1.29 is 24.1 Å². The summed E-state index contributed by atoms with van der Waals surface area (Å²) in [7, 11) is 0. The van der Waals surface area contributed by atoms with Gasteiger partial charge < -0.3 is 20.6 Å². The third-order valence-corrected chi connectivity index (χ3v) is 13.9. The fraction of sp³-hybridized carbons (Fsp3) is 0.323. The van der Waals surface area contributed by atoms with Gasteiger partial charge in [-0.15, -0.1) is 0 Å². The Morgan fingerprint density at radius 3 is 1.84 bits per heavy atom. The van der Waals surface area contributed by atoms with Crippen molar-refractivity contribution in [1.29, 1.82) is 0 Å². The minimum Gasteiger partial charge on any atom is -0.506 e. The SMILES string of the molecule is CCCCC(CC)CN(c1cccc(CC)c1)c1ccc(C2=C(O)/C(=C3/C=CC(=[N+](CC(CC)CCCC)c4cccc(CC)c4)C=C3NC(=O)c3ccccc3)C2=O)c(NC(=O)c2ccccc2)c1. The summed E-state index contributed by atoms with van der Waals surface area (Å²) in [6, 6.07) is 40.9. The highest BCUT2D eigenvalue weighted by molar-refractivity contribution is 6.40. The molecule has 0 heterocycles. The smallest absolute Gasteiger partial charge is 0.255 e. The Balaban J connectivity index is 1.37. The second-order valence-corrected chi connectivity index (χ2v) is 18.6. The Bertz CT molecular complexity index is 2820. The fourth-order valence-electron chi connectivity index (χ4n) is 9.47. The summed E-state index contributed by atoms with van der Waals surface area (Å²) >= 11 is 0. The van der Waals surface area contributed by atoms with Crippen LogP contribution in [0.2, 0.25) is 0 Å². The van der Waals surface area contributed by atoms with E-state index in [0.29, 0.717) is 45.5 Å². The van der Waals surface area contributed by atoms with Crippen LogP contribution in [0.1, 0.15) is 130 Å². The van der Waals surface area contributed by atoms with Crippen LogP contribution < -0.4 is 15.5 Å². The molecule has 5 aromatic rings. The fourth-order valence-corrected chi connectivity index (χ4v) is 9.47. The average Bonchev–Trinajstić information content (AvgIpc) is 3.40. The van der Waals surface area contributed by atoms with Crippen LogP contribution in [0.25, 0.3) is 5.57 Å². The molecular weight excluding hydrogens is 865 g/mol. The van der Waals surface area contributed by atoms with Crippen LogP contribution in [0.15, 0.2) is 168 Å². The van der Waals surface area contributed by atoms with Gasteiger partial charge in [0.2, 0.25) is 17.2 Å². The van der Waals surface area contributed by atoms with E-state index in [1.54, 1.807) is 24.3 Å². The van der Waals surface area contributed by atoms with Crippen molar-refractivity contribution >= 4 is 51.6 Å². The van der Waals surface area contributed by atoms with Gasteiger partial charge in [-0.05, 0) is 110 Å². The van der Waals surface area contributed by atoms with E-state index in [2.05, 4.69) is 110 Å². The average molecular weight is 936 g/mol. The monoisotopic (exact) mass is 936 g/mol. The van der Waals surface area contributed by atoms with Crippen molar-refractivity contribution in [3.63, 3.8) is 0 Å². The van der Waals surface area contributed by atoms with E-state index in [9.17, 15) is 19.5 Å². The number of anilines is 3. The van der Waals surface area contributed by atoms with Crippen molar-refractivity contribution in [1.82, 2.24) is 5.32 Å². The highest BCUT2D eigenvalue weighted by Crippen LogP contribution is 2.44. The number of unbranched alkanes of at least 4 members (excludes halogenated alkanes) is 2. The molecule has 2 unspecified atom stereocenters. The predicted molar refractivity (Wildman–Crippen MR) is 289 cm³/mol. The molecule has 8 nitrogen and oxygen atoms in total. The zero-order chi connectivity index (χ0) is 49.6. The molecular formula is C62H71N4O4+. The number of nitrogens with one attached hydrogen (secondary N) is 2. The molecule has 2 atom stereocenters. The van der Waals surface area contributed by atoms with Crippen LogP contribution in [-0.4, -0.2) is 46.1 Å². The Kier molecular flexibility index (Phi) is 17.8. The lowest BCUT2D eigenvalue weighted by molar-refractivity contribution is -0.448. The lowest BCUT2D eigenvalue weighted by Gasteiger charge is -2.31. The van der Waals surface area contributed by atoms with Gasteiger partial charge in [0.15, 0.2) is 6.54 Å². The molecule has 7 rings (SSSR count). The first kappa shape index (κ1) is 50.8. The van der Waals surface area contributed by atoms with Crippen LogP contribution in [-0.2, 0) is 17.6 Å². The molecule has 2 amide bonds. The predicted octanol–water partition coefficient (Wildman–Crippen LogP) is 14.5. The molecule has 0 spiro atoms. The minimum atomic E-state index is -0.389. The summed E-state index contributed by atoms with van der Waals surface area (Å²) in [6.45, 7) is 14.8. The van der Waals surface area contributed by atoms with Gasteiger partial charge in [-0.1, -0.05) is 134 Å². The molecule has 8 heteroatoms. The summed E-state index contributed by atoms with van der Waals surface area (Å²) in [6.07, 6.45) is 16.3. The third-order valence-electron chi connectivity index (χ3n) is 13.9. The molecule has 5 aromatic carbocycles. The second-order valence-electron chi connectivity index (χ2n) is 18.6. The normalized spacial score (nSPS) is 16.0. The summed E-state index contributed by atoms with van der Waals surface area (Å²) in [5.74, 6) is -0.407. The summed E-state index contributed by atoms with van der Waals surface area (Å²) < 4.78 is 2.32. The van der Waals surface area contributed by atoms with E-state index in [4.69, 9.17) is 0 Å². The van der Waals surface area contributed by atoms with E-state index in [1.165, 1.54) is 11.1 Å². The largest absolute Gasteiger partial charge is 0.506 e. The topological polar surface area (TPSA) is 102 Å². The van der Waals surface area contributed by atoms with Crippen molar-refractivity contribution in [2.75, 3.05) is 23.3 Å². The lowest BCUT2D eigenvalue weighted by Crippen LogP contribution is -2.31. The standard InChI is InChI=1S/C62H70N4O4/c1-7-13-23-45(11-5)41-65(49-31-21-25-43(9-3)37-49)51-33-35-53(55(39-51)63-61(69)47-27-17-15-18-28-47)57-59(67)58(60(57)68)54-36-34-52(40-56(54)64-62(70)48-29-19-16-20-30-48)66(42-46(12-6)24-14-8-2)50-32-22-26-44(10-4)38-50/h15-22,25-40,45-46H,7-14,23-24,41-42H2,1-6H3,(H2,63,64,67,68,69,70)/p+1. The molecule has 70 heavy (non-hydrogen) atoms. The van der Waals surface area contributed by atoms with Crippen LogP contribution in [0.5, 0.6) is 0 Å². The van der Waals surface area contributed by atoms with Crippen LogP contribution >= 0.6 is 0 Å². The summed E-state index contributed by atoms with van der Waals surface area (Å²) in [4.78, 5) is 45.2. The number of hydrogen-bond acceptors (Lipinski definition) is 5. The minimum absolute atomic E-state index is 0.1000. The Labute approximate surface area is 416 Å². The number of amides is 2. The van der Waals surface area contributed by atoms with Crippen molar-refractivity contribution in [3.05, 3.63) is 196 Å². The van der Waals surface area contributed by atoms with Gasteiger partial charge in [0.25, 0.3) is 11.8 Å². The first-order valence-corrected chi connectivity index (χ1v) is 25.7. The number of carbonyl (C=O) groups is 3. The Morgan fingerprint density at radius 1 is 0.629 bits per heavy atom. The van der Waals surface area contributed by atoms with Crippen molar-refractivity contribution in [2.45, 2.75) is 106 Å². The molecule has 2 aliphatic rings. The first-order chi connectivity index (χ1) is 34.1. The number of nitrogens with zero attached hydrogens (tertiary/aromatic N) is 2. The number of hydrogen-bond donors (Lipinski definition) is 3. The quantitative estimate of drug-likeness (QED) is 0.0474. The highest BCUT2D eigenvalue weighted by Gasteiger charge is 2.40. The van der Waals surface area contributed by atoms with Crippen LogP contribution in [0.3, 0.4) is 0 Å².